The van der Waals surface area contributed by atoms with Crippen LogP contribution in [0, 0.1) is 0 Å². The van der Waals surface area contributed by atoms with Gasteiger partial charge in [0, 0.05) is 18.0 Å². The van der Waals surface area contributed by atoms with Gasteiger partial charge in [-0.1, -0.05) is 20.8 Å². The van der Waals surface area contributed by atoms with Crippen molar-refractivity contribution in [3.63, 3.8) is 0 Å². The Kier molecular flexibility index (Phi) is 3.76. The maximum absolute atomic E-state index is 11.3. The van der Waals surface area contributed by atoms with Gasteiger partial charge in [0.1, 0.15) is 6.33 Å². The Morgan fingerprint density at radius 2 is 2.28 bits per heavy atom. The van der Waals surface area contributed by atoms with Gasteiger partial charge in [-0.25, -0.2) is 19.3 Å². The van der Waals surface area contributed by atoms with Crippen LogP contribution in [-0.2, 0) is 0 Å². The van der Waals surface area contributed by atoms with Crippen LogP contribution < -0.4 is 11.0 Å². The zero-order chi connectivity index (χ0) is 13.1. The van der Waals surface area contributed by atoms with Crippen molar-refractivity contribution in [3.8, 4) is 0 Å². The first kappa shape index (κ1) is 12.8. The maximum atomic E-state index is 11.3. The molecule has 6 heteroatoms. The van der Waals surface area contributed by atoms with Crippen molar-refractivity contribution in [3.05, 3.63) is 28.6 Å². The third kappa shape index (κ3) is 2.28. The van der Waals surface area contributed by atoms with Gasteiger partial charge < -0.3 is 5.32 Å². The summed E-state index contributed by atoms with van der Waals surface area (Å²) in [4.78, 5) is 15.7. The van der Waals surface area contributed by atoms with Crippen LogP contribution in [0.1, 0.15) is 38.8 Å². The second-order valence-corrected chi connectivity index (χ2v) is 4.43. The molecule has 0 aromatic carbocycles. The Morgan fingerprint density at radius 3 is 2.94 bits per heavy atom. The molecule has 2 aromatic rings. The largest absolute Gasteiger partial charge is 0.348 e. The van der Waals surface area contributed by atoms with Crippen LogP contribution in [0.5, 0.6) is 0 Å². The van der Waals surface area contributed by atoms with Gasteiger partial charge in [0.05, 0.1) is 5.69 Å². The summed E-state index contributed by atoms with van der Waals surface area (Å²) < 4.78 is 1.41. The van der Waals surface area contributed by atoms with Crippen LogP contribution >= 0.6 is 0 Å². The lowest BCUT2D eigenvalue weighted by Gasteiger charge is -2.22. The van der Waals surface area contributed by atoms with Crippen LogP contribution in [-0.4, -0.2) is 32.2 Å². The summed E-state index contributed by atoms with van der Waals surface area (Å²) in [5.41, 5.74) is 1.31. The molecular formula is C12H19N5O. The zero-order valence-electron chi connectivity index (χ0n) is 11.0. The summed E-state index contributed by atoms with van der Waals surface area (Å²) >= 11 is 0. The number of likely N-dealkylation sites (N-methyl/N-ethyl adjacent to an activating group) is 1. The van der Waals surface area contributed by atoms with Crippen molar-refractivity contribution in [2.24, 2.45) is 0 Å². The normalized spacial score (nSPS) is 14.8. The molecule has 18 heavy (non-hydrogen) atoms. The molecule has 0 aliphatic rings. The topological polar surface area (TPSA) is 75.1 Å². The number of fused-ring (bicyclic) bond motifs is 1. The second-order valence-electron chi connectivity index (χ2n) is 4.43. The summed E-state index contributed by atoms with van der Waals surface area (Å²) in [6, 6.07) is 2.25. The zero-order valence-corrected chi connectivity index (χ0v) is 11.0. The van der Waals surface area contributed by atoms with E-state index in [9.17, 15) is 4.79 Å². The van der Waals surface area contributed by atoms with Crippen LogP contribution in [0.15, 0.2) is 17.2 Å². The van der Waals surface area contributed by atoms with Crippen molar-refractivity contribution in [2.45, 2.75) is 39.2 Å². The standard InChI is InChI=1S/C12H19N5O/c1-4-9(13-5-2)8(3)10-6-11-15-16-12(18)17(11)7-14-10/h6-9,13H,4-5H2,1-3H3,(H,16,18). The number of hydrogen-bond acceptors (Lipinski definition) is 4. The monoisotopic (exact) mass is 249 g/mol. The lowest BCUT2D eigenvalue weighted by Crippen LogP contribution is -2.33. The highest BCUT2D eigenvalue weighted by Crippen LogP contribution is 2.19. The van der Waals surface area contributed by atoms with Gasteiger partial charge in [0.25, 0.3) is 0 Å². The molecule has 0 saturated heterocycles. The van der Waals surface area contributed by atoms with Crippen molar-refractivity contribution in [1.82, 2.24) is 24.9 Å². The number of rotatable bonds is 5. The lowest BCUT2D eigenvalue weighted by atomic mass is 9.96. The molecular weight excluding hydrogens is 230 g/mol. The molecule has 2 rings (SSSR count). The summed E-state index contributed by atoms with van der Waals surface area (Å²) in [5, 5.41) is 9.82. The van der Waals surface area contributed by atoms with Crippen LogP contribution in [0.3, 0.4) is 0 Å². The molecule has 0 spiro atoms. The summed E-state index contributed by atoms with van der Waals surface area (Å²) in [5.74, 6) is 0.284. The molecule has 2 atom stereocenters. The fraction of sp³-hybridized carbons (Fsp3) is 0.583. The molecule has 2 N–H and O–H groups in total. The van der Waals surface area contributed by atoms with Gasteiger partial charge in [-0.15, -0.1) is 0 Å². The third-order valence-electron chi connectivity index (χ3n) is 3.31. The Labute approximate surface area is 105 Å². The molecule has 0 saturated carbocycles. The number of H-pyrrole nitrogens is 1. The first-order valence-electron chi connectivity index (χ1n) is 6.33. The van der Waals surface area contributed by atoms with Gasteiger partial charge >= 0.3 is 5.69 Å². The van der Waals surface area contributed by atoms with Gasteiger partial charge in [0.2, 0.25) is 0 Å². The molecule has 98 valence electrons. The lowest BCUT2D eigenvalue weighted by molar-refractivity contribution is 0.442. The SMILES string of the molecule is CCNC(CC)C(C)c1cc2n[nH]c(=O)n2cn1. The van der Waals surface area contributed by atoms with E-state index in [1.165, 1.54) is 10.7 Å². The maximum Gasteiger partial charge on any atom is 0.348 e. The average Bonchev–Trinajstić information content (AvgIpc) is 2.76. The number of nitrogens with zero attached hydrogens (tertiary/aromatic N) is 3. The van der Waals surface area contributed by atoms with E-state index >= 15 is 0 Å². The predicted molar refractivity (Wildman–Crippen MR) is 69.8 cm³/mol. The van der Waals surface area contributed by atoms with Crippen molar-refractivity contribution in [1.29, 1.82) is 0 Å². The molecule has 0 amide bonds. The van der Waals surface area contributed by atoms with Gasteiger partial charge in [-0.05, 0) is 13.0 Å². The van der Waals surface area contributed by atoms with E-state index in [0.717, 1.165) is 18.7 Å². The third-order valence-corrected chi connectivity index (χ3v) is 3.31. The van der Waals surface area contributed by atoms with E-state index in [-0.39, 0.29) is 11.6 Å². The van der Waals surface area contributed by atoms with Crippen molar-refractivity contribution < 1.29 is 0 Å². The Bertz CT molecular complexity index is 573. The molecule has 6 nitrogen and oxygen atoms in total. The predicted octanol–water partition coefficient (Wildman–Crippen LogP) is 0.909. The van der Waals surface area contributed by atoms with E-state index in [1.807, 2.05) is 6.07 Å². The highest BCUT2D eigenvalue weighted by atomic mass is 16.1. The van der Waals surface area contributed by atoms with E-state index < -0.39 is 0 Å². The smallest absolute Gasteiger partial charge is 0.314 e. The quantitative estimate of drug-likeness (QED) is 0.826. The molecule has 0 fully saturated rings. The summed E-state index contributed by atoms with van der Waals surface area (Å²) in [7, 11) is 0. The first-order chi connectivity index (χ1) is 8.67. The Balaban J connectivity index is 2.32. The molecule has 0 bridgehead atoms. The van der Waals surface area contributed by atoms with Gasteiger partial charge in [-0.3, -0.25) is 0 Å². The minimum Gasteiger partial charge on any atom is -0.314 e. The minimum atomic E-state index is -0.254. The molecule has 0 aliphatic carbocycles. The molecule has 0 radical (unpaired) electrons. The highest BCUT2D eigenvalue weighted by Gasteiger charge is 2.18. The summed E-state index contributed by atoms with van der Waals surface area (Å²) in [6.45, 7) is 7.33. The Morgan fingerprint density at radius 1 is 1.50 bits per heavy atom. The Hall–Kier alpha value is -1.69. The van der Waals surface area contributed by atoms with E-state index in [4.69, 9.17) is 0 Å². The molecule has 0 aliphatic heterocycles. The van der Waals surface area contributed by atoms with E-state index in [2.05, 4.69) is 41.3 Å². The van der Waals surface area contributed by atoms with Crippen molar-refractivity contribution >= 4 is 5.65 Å². The fourth-order valence-electron chi connectivity index (χ4n) is 2.22. The molecule has 2 heterocycles. The molecule has 2 aromatic heterocycles. The average molecular weight is 249 g/mol. The van der Waals surface area contributed by atoms with Crippen LogP contribution in [0.2, 0.25) is 0 Å². The fourth-order valence-corrected chi connectivity index (χ4v) is 2.22. The number of aromatic amines is 1. The molecule has 2 unspecified atom stereocenters. The minimum absolute atomic E-state index is 0.254. The van der Waals surface area contributed by atoms with Crippen LogP contribution in [0.4, 0.5) is 0 Å². The number of nitrogens with one attached hydrogen (secondary N) is 2. The van der Waals surface area contributed by atoms with Gasteiger partial charge in [-0.2, -0.15) is 5.10 Å². The van der Waals surface area contributed by atoms with Gasteiger partial charge in [0.15, 0.2) is 5.65 Å². The van der Waals surface area contributed by atoms with Crippen LogP contribution in [0.25, 0.3) is 5.65 Å². The van der Waals surface area contributed by atoms with E-state index in [1.54, 1.807) is 0 Å². The first-order valence-corrected chi connectivity index (χ1v) is 6.33. The summed E-state index contributed by atoms with van der Waals surface area (Å²) in [6.07, 6.45) is 2.57. The van der Waals surface area contributed by atoms with Crippen molar-refractivity contribution in [2.75, 3.05) is 6.54 Å². The number of hydrogen-bond donors (Lipinski definition) is 2. The number of aromatic nitrogens is 4. The van der Waals surface area contributed by atoms with E-state index in [0.29, 0.717) is 11.7 Å². The highest BCUT2D eigenvalue weighted by molar-refractivity contribution is 5.37. The second kappa shape index (κ2) is 5.30.